The Morgan fingerprint density at radius 1 is 1.11 bits per heavy atom. The molecule has 2 rings (SSSR count). The van der Waals surface area contributed by atoms with Gasteiger partial charge in [0.05, 0.1) is 7.11 Å². The summed E-state index contributed by atoms with van der Waals surface area (Å²) in [5, 5.41) is 6.77. The number of nitrogens with one attached hydrogen (secondary N) is 2. The maximum absolute atomic E-state index is 5.24. The Morgan fingerprint density at radius 3 is 2.36 bits per heavy atom. The average molecular weight is 503 g/mol. The van der Waals surface area contributed by atoms with Crippen molar-refractivity contribution in [1.82, 2.24) is 15.5 Å². The van der Waals surface area contributed by atoms with Gasteiger partial charge in [-0.3, -0.25) is 9.89 Å². The van der Waals surface area contributed by atoms with E-state index in [0.29, 0.717) is 5.92 Å². The number of piperazine rings is 1. The fourth-order valence-corrected chi connectivity index (χ4v) is 3.15. The van der Waals surface area contributed by atoms with Crippen molar-refractivity contribution < 1.29 is 4.74 Å². The molecule has 160 valence electrons. The van der Waals surface area contributed by atoms with Crippen LogP contribution >= 0.6 is 24.0 Å². The lowest BCUT2D eigenvalue weighted by Crippen LogP contribution is -2.47. The number of anilines is 1. The molecule has 0 radical (unpaired) electrons. The van der Waals surface area contributed by atoms with Crippen LogP contribution in [0.25, 0.3) is 0 Å². The molecule has 0 aromatic heterocycles. The molecular formula is C21H38IN5O. The summed E-state index contributed by atoms with van der Waals surface area (Å²) in [6, 6.07) is 8.38. The van der Waals surface area contributed by atoms with Crippen LogP contribution in [0.15, 0.2) is 29.3 Å². The first-order chi connectivity index (χ1) is 13.1. The van der Waals surface area contributed by atoms with Crippen molar-refractivity contribution in [1.29, 1.82) is 0 Å². The third-order valence-corrected chi connectivity index (χ3v) is 4.71. The van der Waals surface area contributed by atoms with Gasteiger partial charge in [-0.25, -0.2) is 0 Å². The third kappa shape index (κ3) is 8.86. The molecule has 0 aliphatic carbocycles. The van der Waals surface area contributed by atoms with Crippen LogP contribution < -0.4 is 20.3 Å². The zero-order chi connectivity index (χ0) is 19.5. The van der Waals surface area contributed by atoms with Crippen LogP contribution in [0.5, 0.6) is 5.75 Å². The minimum atomic E-state index is 0. The Kier molecular flexibility index (Phi) is 12.3. The lowest BCUT2D eigenvalue weighted by Gasteiger charge is -2.36. The predicted molar refractivity (Wildman–Crippen MR) is 130 cm³/mol. The van der Waals surface area contributed by atoms with E-state index in [4.69, 9.17) is 4.74 Å². The molecule has 1 aromatic rings. The van der Waals surface area contributed by atoms with Gasteiger partial charge in [0.25, 0.3) is 0 Å². The summed E-state index contributed by atoms with van der Waals surface area (Å²) in [6.07, 6.45) is 1.13. The van der Waals surface area contributed by atoms with Crippen LogP contribution in [0.2, 0.25) is 0 Å². The molecule has 0 spiro atoms. The Bertz CT molecular complexity index is 556. The third-order valence-electron chi connectivity index (χ3n) is 4.71. The van der Waals surface area contributed by atoms with Gasteiger partial charge < -0.3 is 20.3 Å². The number of ether oxygens (including phenoxy) is 1. The quantitative estimate of drug-likeness (QED) is 0.235. The molecule has 6 nitrogen and oxygen atoms in total. The Balaban J connectivity index is 0.00000392. The van der Waals surface area contributed by atoms with Crippen LogP contribution in [0.3, 0.4) is 0 Å². The van der Waals surface area contributed by atoms with Crippen LogP contribution in [-0.4, -0.2) is 70.3 Å². The van der Waals surface area contributed by atoms with Crippen LogP contribution in [-0.2, 0) is 0 Å². The zero-order valence-electron chi connectivity index (χ0n) is 17.9. The Hall–Kier alpha value is -1.22. The maximum atomic E-state index is 5.24. The van der Waals surface area contributed by atoms with Gasteiger partial charge in [-0.05, 0) is 50.1 Å². The SMILES string of the molecule is CCNC(=NCC(C)C)NCCCN1CCN(c2ccc(OC)cc2)CC1.I. The number of halogens is 1. The van der Waals surface area contributed by atoms with E-state index in [2.05, 4.69) is 58.3 Å². The largest absolute Gasteiger partial charge is 0.497 e. The van der Waals surface area contributed by atoms with Crippen molar-refractivity contribution in [2.45, 2.75) is 27.2 Å². The summed E-state index contributed by atoms with van der Waals surface area (Å²) in [7, 11) is 1.71. The first kappa shape index (κ1) is 24.8. The molecule has 0 unspecified atom stereocenters. The topological polar surface area (TPSA) is 52.1 Å². The van der Waals surface area contributed by atoms with Gasteiger partial charge in [0, 0.05) is 51.5 Å². The lowest BCUT2D eigenvalue weighted by molar-refractivity contribution is 0.255. The molecule has 0 saturated carbocycles. The van der Waals surface area contributed by atoms with Crippen molar-refractivity contribution >= 4 is 35.6 Å². The molecule has 1 aromatic carbocycles. The van der Waals surface area contributed by atoms with Crippen LogP contribution in [0, 0.1) is 5.92 Å². The van der Waals surface area contributed by atoms with Crippen molar-refractivity contribution in [2.24, 2.45) is 10.9 Å². The highest BCUT2D eigenvalue weighted by atomic mass is 127. The van der Waals surface area contributed by atoms with Gasteiger partial charge in [0.2, 0.25) is 0 Å². The number of aliphatic imine (C=N–C) groups is 1. The zero-order valence-corrected chi connectivity index (χ0v) is 20.2. The molecular weight excluding hydrogens is 465 g/mol. The fraction of sp³-hybridized carbons (Fsp3) is 0.667. The van der Waals surface area contributed by atoms with E-state index in [1.807, 2.05) is 12.1 Å². The first-order valence-electron chi connectivity index (χ1n) is 10.3. The van der Waals surface area contributed by atoms with E-state index in [1.165, 1.54) is 5.69 Å². The molecule has 1 aliphatic heterocycles. The van der Waals surface area contributed by atoms with E-state index in [9.17, 15) is 0 Å². The van der Waals surface area contributed by atoms with Crippen molar-refractivity contribution in [2.75, 3.05) is 64.4 Å². The summed E-state index contributed by atoms with van der Waals surface area (Å²) in [5.74, 6) is 2.44. The summed E-state index contributed by atoms with van der Waals surface area (Å²) in [6.45, 7) is 14.7. The van der Waals surface area contributed by atoms with Crippen LogP contribution in [0.1, 0.15) is 27.2 Å². The van der Waals surface area contributed by atoms with Crippen molar-refractivity contribution in [3.8, 4) is 5.75 Å². The van der Waals surface area contributed by atoms with E-state index in [0.717, 1.165) is 70.5 Å². The van der Waals surface area contributed by atoms with Crippen molar-refractivity contribution in [3.05, 3.63) is 24.3 Å². The molecule has 1 saturated heterocycles. The second-order valence-electron chi connectivity index (χ2n) is 7.42. The fourth-order valence-electron chi connectivity index (χ4n) is 3.15. The number of methoxy groups -OCH3 is 1. The number of nitrogens with zero attached hydrogens (tertiary/aromatic N) is 3. The molecule has 1 aliphatic rings. The number of guanidine groups is 1. The molecule has 28 heavy (non-hydrogen) atoms. The molecule has 0 amide bonds. The minimum Gasteiger partial charge on any atom is -0.497 e. The monoisotopic (exact) mass is 503 g/mol. The van der Waals surface area contributed by atoms with Gasteiger partial charge in [-0.2, -0.15) is 0 Å². The van der Waals surface area contributed by atoms with E-state index in [-0.39, 0.29) is 24.0 Å². The summed E-state index contributed by atoms with van der Waals surface area (Å²) >= 11 is 0. The second kappa shape index (κ2) is 13.9. The Morgan fingerprint density at radius 2 is 1.79 bits per heavy atom. The van der Waals surface area contributed by atoms with Crippen LogP contribution in [0.4, 0.5) is 5.69 Å². The minimum absolute atomic E-state index is 0. The molecule has 0 bridgehead atoms. The molecule has 1 heterocycles. The summed E-state index contributed by atoms with van der Waals surface area (Å²) < 4.78 is 5.24. The van der Waals surface area contributed by atoms with Crippen molar-refractivity contribution in [3.63, 3.8) is 0 Å². The molecule has 0 atom stereocenters. The normalized spacial score (nSPS) is 15.3. The standard InChI is InChI=1S/C21H37N5O.HI/c1-5-22-21(24-17-18(2)3)23-11-6-12-25-13-15-26(16-14-25)19-7-9-20(27-4)10-8-19;/h7-10,18H,5-6,11-17H2,1-4H3,(H2,22,23,24);1H. The van der Waals surface area contributed by atoms with Gasteiger partial charge in [-0.1, -0.05) is 13.8 Å². The average Bonchev–Trinajstić information content (AvgIpc) is 2.69. The van der Waals surface area contributed by atoms with E-state index < -0.39 is 0 Å². The number of hydrogen-bond donors (Lipinski definition) is 2. The highest BCUT2D eigenvalue weighted by Gasteiger charge is 2.16. The number of rotatable bonds is 9. The lowest BCUT2D eigenvalue weighted by atomic mass is 10.2. The predicted octanol–water partition coefficient (Wildman–Crippen LogP) is 3.04. The summed E-state index contributed by atoms with van der Waals surface area (Å²) in [5.41, 5.74) is 1.29. The number of hydrogen-bond acceptors (Lipinski definition) is 4. The maximum Gasteiger partial charge on any atom is 0.191 e. The molecule has 7 heteroatoms. The first-order valence-corrected chi connectivity index (χ1v) is 10.3. The van der Waals surface area contributed by atoms with Gasteiger partial charge in [0.15, 0.2) is 5.96 Å². The smallest absolute Gasteiger partial charge is 0.191 e. The Labute approximate surface area is 188 Å². The van der Waals surface area contributed by atoms with E-state index >= 15 is 0 Å². The highest BCUT2D eigenvalue weighted by molar-refractivity contribution is 14.0. The second-order valence-corrected chi connectivity index (χ2v) is 7.42. The van der Waals surface area contributed by atoms with Gasteiger partial charge >= 0.3 is 0 Å². The molecule has 2 N–H and O–H groups in total. The molecule has 1 fully saturated rings. The van der Waals surface area contributed by atoms with Gasteiger partial charge in [0.1, 0.15) is 5.75 Å². The highest BCUT2D eigenvalue weighted by Crippen LogP contribution is 2.20. The van der Waals surface area contributed by atoms with Gasteiger partial charge in [-0.15, -0.1) is 24.0 Å². The number of benzene rings is 1. The van der Waals surface area contributed by atoms with E-state index in [1.54, 1.807) is 7.11 Å². The summed E-state index contributed by atoms with van der Waals surface area (Å²) in [4.78, 5) is 9.63.